The van der Waals surface area contributed by atoms with Crippen molar-refractivity contribution in [3.63, 3.8) is 0 Å². The molecule has 0 saturated heterocycles. The van der Waals surface area contributed by atoms with Gasteiger partial charge in [-0.1, -0.05) is 25.7 Å². The number of amides is 1. The standard InChI is InChI=1S/C15H23N3O2/c1-11(2)18-14(19)10-9-13(17-18)15(20)16-12-7-5-3-4-6-8-12/h9-12H,3-8H2,1-2H3,(H,16,20). The molecule has 5 heteroatoms. The van der Waals surface area contributed by atoms with Gasteiger partial charge in [-0.3, -0.25) is 9.59 Å². The fourth-order valence-electron chi connectivity index (χ4n) is 2.60. The van der Waals surface area contributed by atoms with Crippen molar-refractivity contribution in [1.82, 2.24) is 15.1 Å². The van der Waals surface area contributed by atoms with Crippen LogP contribution < -0.4 is 10.9 Å². The Labute approximate surface area is 119 Å². The first kappa shape index (κ1) is 14.8. The summed E-state index contributed by atoms with van der Waals surface area (Å²) >= 11 is 0. The molecule has 0 unspecified atom stereocenters. The number of hydrogen-bond donors (Lipinski definition) is 1. The molecule has 0 atom stereocenters. The third kappa shape index (κ3) is 3.68. The fourth-order valence-corrected chi connectivity index (χ4v) is 2.60. The summed E-state index contributed by atoms with van der Waals surface area (Å²) in [6, 6.07) is 3.11. The maximum atomic E-state index is 12.2. The summed E-state index contributed by atoms with van der Waals surface area (Å²) in [4.78, 5) is 23.9. The zero-order valence-electron chi connectivity index (χ0n) is 12.3. The van der Waals surface area contributed by atoms with Crippen LogP contribution in [0.4, 0.5) is 0 Å². The lowest BCUT2D eigenvalue weighted by atomic mass is 10.1. The van der Waals surface area contributed by atoms with E-state index >= 15 is 0 Å². The first-order valence-corrected chi connectivity index (χ1v) is 7.48. The van der Waals surface area contributed by atoms with Crippen molar-refractivity contribution in [3.05, 3.63) is 28.2 Å². The second-order valence-electron chi connectivity index (χ2n) is 5.76. The number of aromatic nitrogens is 2. The monoisotopic (exact) mass is 277 g/mol. The predicted molar refractivity (Wildman–Crippen MR) is 77.8 cm³/mol. The van der Waals surface area contributed by atoms with Gasteiger partial charge in [0.1, 0.15) is 5.69 Å². The van der Waals surface area contributed by atoms with Crippen molar-refractivity contribution in [2.75, 3.05) is 0 Å². The van der Waals surface area contributed by atoms with Crippen LogP contribution in [0.15, 0.2) is 16.9 Å². The average Bonchev–Trinajstić information content (AvgIpc) is 2.67. The number of nitrogens with zero attached hydrogens (tertiary/aromatic N) is 2. The number of rotatable bonds is 3. The molecule has 2 rings (SSSR count). The summed E-state index contributed by atoms with van der Waals surface area (Å²) in [6.45, 7) is 3.75. The van der Waals surface area contributed by atoms with Crippen LogP contribution in [0, 0.1) is 0 Å². The van der Waals surface area contributed by atoms with Crippen LogP contribution in [0.25, 0.3) is 0 Å². The minimum absolute atomic E-state index is 0.0480. The van der Waals surface area contributed by atoms with Gasteiger partial charge in [-0.25, -0.2) is 4.68 Å². The lowest BCUT2D eigenvalue weighted by Crippen LogP contribution is -2.36. The van der Waals surface area contributed by atoms with E-state index < -0.39 is 0 Å². The topological polar surface area (TPSA) is 64.0 Å². The van der Waals surface area contributed by atoms with Crippen molar-refractivity contribution < 1.29 is 4.79 Å². The number of hydrogen-bond acceptors (Lipinski definition) is 3. The molecule has 0 aliphatic heterocycles. The summed E-state index contributed by atoms with van der Waals surface area (Å²) in [5.41, 5.74) is 0.147. The second-order valence-corrected chi connectivity index (χ2v) is 5.76. The largest absolute Gasteiger partial charge is 0.348 e. The Hall–Kier alpha value is -1.65. The van der Waals surface area contributed by atoms with E-state index in [-0.39, 0.29) is 23.6 Å². The highest BCUT2D eigenvalue weighted by Gasteiger charge is 2.17. The molecule has 1 aromatic heterocycles. The van der Waals surface area contributed by atoms with Crippen LogP contribution in [0.5, 0.6) is 0 Å². The quantitative estimate of drug-likeness (QED) is 0.862. The summed E-state index contributed by atoms with van der Waals surface area (Å²) < 4.78 is 1.35. The van der Waals surface area contributed by atoms with Crippen molar-refractivity contribution in [2.24, 2.45) is 0 Å². The summed E-state index contributed by atoms with van der Waals surface area (Å²) in [5.74, 6) is -0.175. The van der Waals surface area contributed by atoms with Crippen molar-refractivity contribution in [3.8, 4) is 0 Å². The zero-order chi connectivity index (χ0) is 14.5. The maximum Gasteiger partial charge on any atom is 0.271 e. The lowest BCUT2D eigenvalue weighted by molar-refractivity contribution is 0.0925. The second kappa shape index (κ2) is 6.68. The van der Waals surface area contributed by atoms with Crippen LogP contribution in [0.3, 0.4) is 0 Å². The minimum atomic E-state index is -0.175. The van der Waals surface area contributed by atoms with Gasteiger partial charge in [0.2, 0.25) is 0 Å². The van der Waals surface area contributed by atoms with Crippen LogP contribution in [-0.2, 0) is 0 Å². The Morgan fingerprint density at radius 1 is 1.25 bits per heavy atom. The van der Waals surface area contributed by atoms with E-state index in [1.165, 1.54) is 42.5 Å². The van der Waals surface area contributed by atoms with Gasteiger partial charge in [0.25, 0.3) is 11.5 Å². The van der Waals surface area contributed by atoms with E-state index in [9.17, 15) is 9.59 Å². The molecule has 1 aliphatic carbocycles. The SMILES string of the molecule is CC(C)n1nc(C(=O)NC2CCCCCC2)ccc1=O. The molecule has 0 bridgehead atoms. The Morgan fingerprint density at radius 2 is 1.90 bits per heavy atom. The van der Waals surface area contributed by atoms with E-state index in [2.05, 4.69) is 10.4 Å². The molecule has 110 valence electrons. The highest BCUT2D eigenvalue weighted by molar-refractivity contribution is 5.92. The van der Waals surface area contributed by atoms with E-state index in [4.69, 9.17) is 0 Å². The molecule has 0 aromatic carbocycles. The third-order valence-corrected chi connectivity index (χ3v) is 3.74. The van der Waals surface area contributed by atoms with Gasteiger partial charge in [-0.05, 0) is 32.8 Å². The summed E-state index contributed by atoms with van der Waals surface area (Å²) in [5, 5.41) is 7.20. The number of carbonyl (C=O) groups excluding carboxylic acids is 1. The average molecular weight is 277 g/mol. The summed E-state index contributed by atoms with van der Waals surface area (Å²) in [6.07, 6.45) is 6.92. The Kier molecular flexibility index (Phi) is 4.93. The highest BCUT2D eigenvalue weighted by Crippen LogP contribution is 2.17. The van der Waals surface area contributed by atoms with Gasteiger partial charge in [0.15, 0.2) is 0 Å². The van der Waals surface area contributed by atoms with Crippen molar-refractivity contribution in [1.29, 1.82) is 0 Å². The fraction of sp³-hybridized carbons (Fsp3) is 0.667. The molecular weight excluding hydrogens is 254 g/mol. The van der Waals surface area contributed by atoms with Gasteiger partial charge >= 0.3 is 0 Å². The molecule has 1 fully saturated rings. The van der Waals surface area contributed by atoms with Crippen molar-refractivity contribution in [2.45, 2.75) is 64.5 Å². The molecule has 0 radical (unpaired) electrons. The normalized spacial score (nSPS) is 16.9. The smallest absolute Gasteiger partial charge is 0.271 e. The third-order valence-electron chi connectivity index (χ3n) is 3.74. The zero-order valence-corrected chi connectivity index (χ0v) is 12.3. The van der Waals surface area contributed by atoms with Crippen LogP contribution in [-0.4, -0.2) is 21.7 Å². The molecule has 20 heavy (non-hydrogen) atoms. The van der Waals surface area contributed by atoms with Gasteiger partial charge in [-0.2, -0.15) is 5.10 Å². The first-order chi connectivity index (χ1) is 9.58. The van der Waals surface area contributed by atoms with Crippen molar-refractivity contribution >= 4 is 5.91 Å². The van der Waals surface area contributed by atoms with E-state index in [1.54, 1.807) is 0 Å². The molecule has 1 saturated carbocycles. The molecule has 5 nitrogen and oxygen atoms in total. The number of nitrogens with one attached hydrogen (secondary N) is 1. The maximum absolute atomic E-state index is 12.2. The van der Waals surface area contributed by atoms with Gasteiger partial charge in [0.05, 0.1) is 6.04 Å². The lowest BCUT2D eigenvalue weighted by Gasteiger charge is -2.16. The molecule has 1 N–H and O–H groups in total. The van der Waals surface area contributed by atoms with Gasteiger partial charge < -0.3 is 5.32 Å². The Balaban J connectivity index is 2.08. The van der Waals surface area contributed by atoms with E-state index in [1.807, 2.05) is 13.8 Å². The molecule has 1 amide bonds. The van der Waals surface area contributed by atoms with E-state index in [0.717, 1.165) is 12.8 Å². The van der Waals surface area contributed by atoms with Crippen LogP contribution >= 0.6 is 0 Å². The highest BCUT2D eigenvalue weighted by atomic mass is 16.2. The Morgan fingerprint density at radius 3 is 2.50 bits per heavy atom. The van der Waals surface area contributed by atoms with Crippen LogP contribution in [0.1, 0.15) is 68.9 Å². The molecule has 1 aliphatic rings. The summed E-state index contributed by atoms with van der Waals surface area (Å²) in [7, 11) is 0. The molecular formula is C15H23N3O2. The molecule has 1 aromatic rings. The predicted octanol–water partition coefficient (Wildman–Crippen LogP) is 2.28. The first-order valence-electron chi connectivity index (χ1n) is 7.48. The Bertz CT molecular complexity index is 514. The van der Waals surface area contributed by atoms with E-state index in [0.29, 0.717) is 5.69 Å². The van der Waals surface area contributed by atoms with Gasteiger partial charge in [-0.15, -0.1) is 0 Å². The minimum Gasteiger partial charge on any atom is -0.348 e. The van der Waals surface area contributed by atoms with Crippen LogP contribution in [0.2, 0.25) is 0 Å². The number of carbonyl (C=O) groups is 1. The van der Waals surface area contributed by atoms with Gasteiger partial charge in [0, 0.05) is 12.1 Å². The molecule has 0 spiro atoms. The molecule has 1 heterocycles.